The fourth-order valence-electron chi connectivity index (χ4n) is 2.98. The van der Waals surface area contributed by atoms with Gasteiger partial charge < -0.3 is 15.0 Å². The Kier molecular flexibility index (Phi) is 5.08. The van der Waals surface area contributed by atoms with Crippen LogP contribution in [0.25, 0.3) is 11.3 Å². The molecule has 0 fully saturated rings. The molecule has 0 atom stereocenters. The van der Waals surface area contributed by atoms with Crippen molar-refractivity contribution >= 4 is 34.0 Å². The molecule has 0 aliphatic carbocycles. The van der Waals surface area contributed by atoms with Crippen LogP contribution in [0.4, 0.5) is 10.8 Å². The SMILES string of the molecule is Cc1ccc(-c2csc(NC(=O)CCN3C(=O)COc4ccccc43)n2)cc1. The largest absolute Gasteiger partial charge is 0.482 e. The van der Waals surface area contributed by atoms with Gasteiger partial charge >= 0.3 is 0 Å². The Morgan fingerprint density at radius 2 is 2.00 bits per heavy atom. The van der Waals surface area contributed by atoms with E-state index >= 15 is 0 Å². The van der Waals surface area contributed by atoms with Crippen molar-refractivity contribution in [2.24, 2.45) is 0 Å². The number of aromatic nitrogens is 1. The zero-order chi connectivity index (χ0) is 19.5. The summed E-state index contributed by atoms with van der Waals surface area (Å²) >= 11 is 1.38. The van der Waals surface area contributed by atoms with Gasteiger partial charge in [0.05, 0.1) is 11.4 Å². The Morgan fingerprint density at radius 1 is 1.21 bits per heavy atom. The first-order valence-corrected chi connectivity index (χ1v) is 9.83. The van der Waals surface area contributed by atoms with Gasteiger partial charge in [-0.1, -0.05) is 42.0 Å². The standard InChI is InChI=1S/C21H19N3O3S/c1-14-6-8-15(9-7-14)16-13-28-21(22-16)23-19(25)10-11-24-17-4-2-3-5-18(17)27-12-20(24)26/h2-9,13H,10-12H2,1H3,(H,22,23,25). The summed E-state index contributed by atoms with van der Waals surface area (Å²) in [5, 5.41) is 5.29. The van der Waals surface area contributed by atoms with E-state index in [-0.39, 0.29) is 24.8 Å². The van der Waals surface area contributed by atoms with E-state index in [1.54, 1.807) is 4.90 Å². The number of fused-ring (bicyclic) bond motifs is 1. The predicted octanol–water partition coefficient (Wildman–Crippen LogP) is 3.87. The van der Waals surface area contributed by atoms with Gasteiger partial charge in [0.25, 0.3) is 5.91 Å². The molecule has 0 bridgehead atoms. The van der Waals surface area contributed by atoms with Gasteiger partial charge in [0.1, 0.15) is 5.75 Å². The zero-order valence-electron chi connectivity index (χ0n) is 15.3. The number of ether oxygens (including phenoxy) is 1. The second kappa shape index (κ2) is 7.82. The van der Waals surface area contributed by atoms with E-state index in [0.717, 1.165) is 11.3 Å². The molecule has 142 valence electrons. The number of anilines is 2. The van der Waals surface area contributed by atoms with E-state index in [2.05, 4.69) is 10.3 Å². The third kappa shape index (κ3) is 3.89. The van der Waals surface area contributed by atoms with Crippen molar-refractivity contribution in [3.05, 3.63) is 59.5 Å². The first-order chi connectivity index (χ1) is 13.6. The van der Waals surface area contributed by atoms with Gasteiger partial charge in [0.2, 0.25) is 5.91 Å². The molecule has 6 nitrogen and oxygen atoms in total. The molecular formula is C21H19N3O3S. The lowest BCUT2D eigenvalue weighted by atomic mass is 10.1. The van der Waals surface area contributed by atoms with E-state index < -0.39 is 0 Å². The molecule has 2 heterocycles. The van der Waals surface area contributed by atoms with Gasteiger partial charge in [-0.15, -0.1) is 11.3 Å². The van der Waals surface area contributed by atoms with E-state index in [4.69, 9.17) is 4.74 Å². The first-order valence-electron chi connectivity index (χ1n) is 8.95. The quantitative estimate of drug-likeness (QED) is 0.714. The van der Waals surface area contributed by atoms with E-state index in [0.29, 0.717) is 23.1 Å². The fraction of sp³-hybridized carbons (Fsp3) is 0.190. The van der Waals surface area contributed by atoms with Gasteiger partial charge in [-0.05, 0) is 19.1 Å². The minimum Gasteiger partial charge on any atom is -0.482 e. The van der Waals surface area contributed by atoms with Crippen LogP contribution in [0.3, 0.4) is 0 Å². The molecule has 1 N–H and O–H groups in total. The van der Waals surface area contributed by atoms with E-state index in [9.17, 15) is 9.59 Å². The summed E-state index contributed by atoms with van der Waals surface area (Å²) in [6.07, 6.45) is 0.180. The topological polar surface area (TPSA) is 71.5 Å². The third-order valence-electron chi connectivity index (χ3n) is 4.47. The Balaban J connectivity index is 1.38. The van der Waals surface area contributed by atoms with Crippen molar-refractivity contribution in [1.82, 2.24) is 4.98 Å². The molecule has 0 spiro atoms. The predicted molar refractivity (Wildman–Crippen MR) is 110 cm³/mol. The number of thiazole rings is 1. The van der Waals surface area contributed by atoms with Gasteiger partial charge in [-0.25, -0.2) is 4.98 Å². The average molecular weight is 393 g/mol. The number of benzene rings is 2. The average Bonchev–Trinajstić information content (AvgIpc) is 3.16. The van der Waals surface area contributed by atoms with Gasteiger partial charge in [0, 0.05) is 23.9 Å². The summed E-state index contributed by atoms with van der Waals surface area (Å²) in [7, 11) is 0. The van der Waals surface area contributed by atoms with Crippen LogP contribution in [-0.4, -0.2) is 29.9 Å². The second-order valence-corrected chi connectivity index (χ2v) is 7.36. The maximum atomic E-state index is 12.4. The van der Waals surface area contributed by atoms with Crippen molar-refractivity contribution < 1.29 is 14.3 Å². The molecule has 0 saturated carbocycles. The van der Waals surface area contributed by atoms with Crippen molar-refractivity contribution in [2.45, 2.75) is 13.3 Å². The number of nitrogens with one attached hydrogen (secondary N) is 1. The van der Waals surface area contributed by atoms with Gasteiger partial charge in [0.15, 0.2) is 11.7 Å². The summed E-state index contributed by atoms with van der Waals surface area (Å²) in [5.41, 5.74) is 3.73. The molecule has 2 aromatic carbocycles. The highest BCUT2D eigenvalue weighted by molar-refractivity contribution is 7.14. The van der Waals surface area contributed by atoms with Crippen molar-refractivity contribution in [3.63, 3.8) is 0 Å². The van der Waals surface area contributed by atoms with Crippen LogP contribution in [0.5, 0.6) is 5.75 Å². The molecular weight excluding hydrogens is 374 g/mol. The van der Waals surface area contributed by atoms with E-state index in [1.165, 1.54) is 16.9 Å². The van der Waals surface area contributed by atoms with Crippen LogP contribution in [-0.2, 0) is 9.59 Å². The number of hydrogen-bond donors (Lipinski definition) is 1. The van der Waals surface area contributed by atoms with E-state index in [1.807, 2.05) is 60.8 Å². The van der Waals surface area contributed by atoms with Crippen LogP contribution < -0.4 is 15.0 Å². The second-order valence-electron chi connectivity index (χ2n) is 6.50. The smallest absolute Gasteiger partial charge is 0.265 e. The van der Waals surface area contributed by atoms with Crippen molar-refractivity contribution in [1.29, 1.82) is 0 Å². The summed E-state index contributed by atoms with van der Waals surface area (Å²) in [5.74, 6) is 0.328. The summed E-state index contributed by atoms with van der Waals surface area (Å²) in [4.78, 5) is 30.6. The molecule has 0 radical (unpaired) electrons. The molecule has 3 aromatic rings. The minimum atomic E-state index is -0.179. The fourth-order valence-corrected chi connectivity index (χ4v) is 3.72. The Bertz CT molecular complexity index is 1010. The van der Waals surface area contributed by atoms with Crippen LogP contribution in [0, 0.1) is 6.92 Å². The summed E-state index contributed by atoms with van der Waals surface area (Å²) < 4.78 is 5.42. The molecule has 2 amide bonds. The summed E-state index contributed by atoms with van der Waals surface area (Å²) in [6, 6.07) is 15.4. The number of aryl methyl sites for hydroxylation is 1. The van der Waals surface area contributed by atoms with Crippen LogP contribution in [0.2, 0.25) is 0 Å². The monoisotopic (exact) mass is 393 g/mol. The Labute approximate surface area is 166 Å². The molecule has 0 unspecified atom stereocenters. The number of carbonyl (C=O) groups excluding carboxylic acids is 2. The highest BCUT2D eigenvalue weighted by Crippen LogP contribution is 2.31. The molecule has 28 heavy (non-hydrogen) atoms. The maximum absolute atomic E-state index is 12.4. The maximum Gasteiger partial charge on any atom is 0.265 e. The number of hydrogen-bond acceptors (Lipinski definition) is 5. The minimum absolute atomic E-state index is 0.00891. The van der Waals surface area contributed by atoms with Crippen LogP contribution in [0.15, 0.2) is 53.9 Å². The van der Waals surface area contributed by atoms with Crippen LogP contribution in [0.1, 0.15) is 12.0 Å². The number of amides is 2. The number of para-hydroxylation sites is 2. The normalized spacial score (nSPS) is 13.0. The molecule has 4 rings (SSSR count). The number of rotatable bonds is 5. The van der Waals surface area contributed by atoms with Gasteiger partial charge in [-0.2, -0.15) is 0 Å². The first kappa shape index (κ1) is 18.2. The Morgan fingerprint density at radius 3 is 2.82 bits per heavy atom. The molecule has 1 aliphatic heterocycles. The lowest BCUT2D eigenvalue weighted by Gasteiger charge is -2.29. The molecule has 0 saturated heterocycles. The molecule has 1 aromatic heterocycles. The Hall–Kier alpha value is -3.19. The highest BCUT2D eigenvalue weighted by atomic mass is 32.1. The van der Waals surface area contributed by atoms with Crippen molar-refractivity contribution in [3.8, 4) is 17.0 Å². The molecule has 1 aliphatic rings. The number of carbonyl (C=O) groups is 2. The van der Waals surface area contributed by atoms with Gasteiger partial charge in [-0.3, -0.25) is 9.59 Å². The molecule has 7 heteroatoms. The lowest BCUT2D eigenvalue weighted by molar-refractivity contribution is -0.121. The van der Waals surface area contributed by atoms with Crippen molar-refractivity contribution in [2.75, 3.05) is 23.4 Å². The van der Waals surface area contributed by atoms with Crippen LogP contribution >= 0.6 is 11.3 Å². The number of nitrogens with zero attached hydrogens (tertiary/aromatic N) is 2. The summed E-state index contributed by atoms with van der Waals surface area (Å²) in [6.45, 7) is 2.32. The third-order valence-corrected chi connectivity index (χ3v) is 5.23. The highest BCUT2D eigenvalue weighted by Gasteiger charge is 2.25. The lowest BCUT2D eigenvalue weighted by Crippen LogP contribution is -2.40. The zero-order valence-corrected chi connectivity index (χ0v) is 16.2.